The van der Waals surface area contributed by atoms with Crippen LogP contribution in [0.2, 0.25) is 0 Å². The molecule has 3 aromatic rings. The Labute approximate surface area is 227 Å². The number of nitrogens with zero attached hydrogens (tertiary/aromatic N) is 3. The van der Waals surface area contributed by atoms with Crippen LogP contribution in [0.3, 0.4) is 0 Å². The molecule has 1 aliphatic heterocycles. The average Bonchev–Trinajstić information content (AvgIpc) is 3.46. The summed E-state index contributed by atoms with van der Waals surface area (Å²) in [6.45, 7) is 7.42. The minimum absolute atomic E-state index is 0.100. The summed E-state index contributed by atoms with van der Waals surface area (Å²) < 4.78 is 32.5. The molecule has 1 saturated heterocycles. The highest BCUT2D eigenvalue weighted by atomic mass is 19.1. The van der Waals surface area contributed by atoms with Gasteiger partial charge in [0.25, 0.3) is 5.56 Å². The van der Waals surface area contributed by atoms with E-state index in [2.05, 4.69) is 20.3 Å². The lowest BCUT2D eigenvalue weighted by atomic mass is 10.0. The molecule has 1 fully saturated rings. The van der Waals surface area contributed by atoms with Crippen LogP contribution in [-0.4, -0.2) is 74.1 Å². The quantitative estimate of drug-likeness (QED) is 0.344. The largest absolute Gasteiger partial charge is 0.454 e. The van der Waals surface area contributed by atoms with Crippen molar-refractivity contribution in [1.29, 1.82) is 0 Å². The molecule has 1 aliphatic rings. The Kier molecular flexibility index (Phi) is 8.30. The Balaban J connectivity index is 1.48. The molecule has 1 aromatic carbocycles. The van der Waals surface area contributed by atoms with Gasteiger partial charge in [-0.2, -0.15) is 4.98 Å². The van der Waals surface area contributed by atoms with E-state index in [1.54, 1.807) is 26.0 Å². The summed E-state index contributed by atoms with van der Waals surface area (Å²) in [6, 6.07) is 3.28. The number of H-pyrrole nitrogens is 1. The molecule has 14 heteroatoms. The number of amides is 1. The molecule has 214 valence electrons. The second-order valence-electron chi connectivity index (χ2n) is 9.84. The maximum atomic E-state index is 15.6. The van der Waals surface area contributed by atoms with E-state index >= 15 is 4.39 Å². The summed E-state index contributed by atoms with van der Waals surface area (Å²) in [6.07, 6.45) is -5.23. The first-order chi connectivity index (χ1) is 18.9. The van der Waals surface area contributed by atoms with E-state index in [1.807, 2.05) is 20.8 Å². The van der Waals surface area contributed by atoms with E-state index in [9.17, 15) is 24.3 Å². The van der Waals surface area contributed by atoms with Gasteiger partial charge in [0.2, 0.25) is 11.9 Å². The highest BCUT2D eigenvalue weighted by Gasteiger charge is 2.49. The molecule has 0 saturated carbocycles. The van der Waals surface area contributed by atoms with Crippen molar-refractivity contribution in [3.63, 3.8) is 0 Å². The Morgan fingerprint density at radius 1 is 1.23 bits per heavy atom. The topological polar surface area (TPSA) is 175 Å². The third-order valence-corrected chi connectivity index (χ3v) is 6.67. The second-order valence-corrected chi connectivity index (χ2v) is 9.84. The summed E-state index contributed by atoms with van der Waals surface area (Å²) in [5, 5.41) is 12.2. The molecule has 0 aliphatic carbocycles. The van der Waals surface area contributed by atoms with Crippen molar-refractivity contribution < 1.29 is 38.1 Å². The summed E-state index contributed by atoms with van der Waals surface area (Å²) >= 11 is 0. The lowest BCUT2D eigenvalue weighted by Gasteiger charge is -2.18. The van der Waals surface area contributed by atoms with Gasteiger partial charge in [0, 0.05) is 5.92 Å². The number of halogens is 1. The molecule has 0 radical (unpaired) electrons. The number of rotatable bonds is 8. The van der Waals surface area contributed by atoms with Crippen LogP contribution >= 0.6 is 0 Å². The zero-order valence-corrected chi connectivity index (χ0v) is 22.6. The zero-order chi connectivity index (χ0) is 29.3. The number of benzene rings is 1. The fraction of sp³-hybridized carbons (Fsp3) is 0.462. The molecule has 0 bridgehead atoms. The number of hydrogen-bond donors (Lipinski definition) is 3. The van der Waals surface area contributed by atoms with Crippen LogP contribution in [0.1, 0.15) is 47.1 Å². The minimum Gasteiger partial charge on any atom is -0.454 e. The number of ether oxygens (including phenoxy) is 3. The predicted molar refractivity (Wildman–Crippen MR) is 138 cm³/mol. The van der Waals surface area contributed by atoms with Gasteiger partial charge in [-0.3, -0.25) is 24.5 Å². The predicted octanol–water partition coefficient (Wildman–Crippen LogP) is 1.64. The van der Waals surface area contributed by atoms with Gasteiger partial charge in [-0.1, -0.05) is 13.8 Å². The zero-order valence-electron chi connectivity index (χ0n) is 22.6. The monoisotopic (exact) mass is 559 g/mol. The van der Waals surface area contributed by atoms with Crippen molar-refractivity contribution in [2.45, 2.75) is 59.2 Å². The van der Waals surface area contributed by atoms with Crippen molar-refractivity contribution in [2.75, 3.05) is 18.5 Å². The number of aromatic amines is 1. The number of nitrogens with one attached hydrogen (secondary N) is 2. The van der Waals surface area contributed by atoms with Gasteiger partial charge in [-0.05, 0) is 49.6 Å². The van der Waals surface area contributed by atoms with Crippen molar-refractivity contribution in [3.8, 4) is 0 Å². The van der Waals surface area contributed by atoms with Gasteiger partial charge in [0.15, 0.2) is 36.3 Å². The maximum Gasteiger partial charge on any atom is 0.344 e. The fourth-order valence-electron chi connectivity index (χ4n) is 4.19. The maximum absolute atomic E-state index is 15.6. The number of aliphatic hydroxyl groups is 1. The highest BCUT2D eigenvalue weighted by Crippen LogP contribution is 2.35. The van der Waals surface area contributed by atoms with Crippen molar-refractivity contribution in [2.24, 2.45) is 5.92 Å². The van der Waals surface area contributed by atoms with E-state index < -0.39 is 67.1 Å². The Hall–Kier alpha value is -4.17. The van der Waals surface area contributed by atoms with Crippen LogP contribution in [-0.2, 0) is 23.8 Å². The van der Waals surface area contributed by atoms with E-state index in [1.165, 1.54) is 0 Å². The second kappa shape index (κ2) is 11.5. The fourth-order valence-corrected chi connectivity index (χ4v) is 4.19. The number of imidazole rings is 1. The van der Waals surface area contributed by atoms with Gasteiger partial charge in [0.05, 0.1) is 18.5 Å². The molecule has 0 spiro atoms. The first-order valence-electron chi connectivity index (χ1n) is 12.5. The van der Waals surface area contributed by atoms with Crippen LogP contribution in [0.5, 0.6) is 0 Å². The van der Waals surface area contributed by atoms with Gasteiger partial charge in [-0.15, -0.1) is 0 Å². The van der Waals surface area contributed by atoms with Crippen LogP contribution in [0.4, 0.5) is 10.3 Å². The molecular formula is C26H30FN5O8. The number of hydrogen-bond acceptors (Lipinski definition) is 10. The van der Waals surface area contributed by atoms with Crippen LogP contribution in [0.15, 0.2) is 23.3 Å². The van der Waals surface area contributed by atoms with Crippen LogP contribution < -0.4 is 10.9 Å². The third kappa shape index (κ3) is 5.72. The molecule has 2 aromatic heterocycles. The molecule has 3 N–H and O–H groups in total. The molecule has 4 unspecified atom stereocenters. The normalized spacial score (nSPS) is 20.6. The molecule has 4 atom stereocenters. The summed E-state index contributed by atoms with van der Waals surface area (Å²) in [7, 11) is 0. The SMILES string of the molecule is Cc1cc(C(=O)OCC(=O)OC2C(CO)OC(n3cnc4c(=O)[nH]c(NC(=O)C(C)C)nc43)C2F)cc(C)c1C. The number of carbonyl (C=O) groups excluding carboxylic acids is 3. The standard InChI is InChI=1S/C26H30FN5O8/c1-11(2)22(35)30-26-29-21-19(23(36)31-26)28-10-32(21)24-18(27)20(16(8-33)39-24)40-17(34)9-38-25(37)15-6-12(3)14(5)13(4)7-15/h6-7,10-11,16,18,20,24,33H,8-9H2,1-5H3,(H2,29,30,31,35,36). The molecule has 3 heterocycles. The number of esters is 2. The van der Waals surface area contributed by atoms with Gasteiger partial charge in [0.1, 0.15) is 6.10 Å². The lowest BCUT2D eigenvalue weighted by molar-refractivity contribution is -0.158. The van der Waals surface area contributed by atoms with Crippen LogP contribution in [0, 0.1) is 26.7 Å². The summed E-state index contributed by atoms with van der Waals surface area (Å²) in [4.78, 5) is 59.9. The smallest absolute Gasteiger partial charge is 0.344 e. The van der Waals surface area contributed by atoms with E-state index in [-0.39, 0.29) is 22.7 Å². The van der Waals surface area contributed by atoms with Crippen LogP contribution in [0.25, 0.3) is 11.2 Å². The molecule has 1 amide bonds. The van der Waals surface area contributed by atoms with Gasteiger partial charge >= 0.3 is 11.9 Å². The Morgan fingerprint density at radius 3 is 2.52 bits per heavy atom. The number of aromatic nitrogens is 4. The number of fused-ring (bicyclic) bond motifs is 1. The number of aliphatic hydroxyl groups excluding tert-OH is 1. The Morgan fingerprint density at radius 2 is 1.90 bits per heavy atom. The minimum atomic E-state index is -2.02. The Bertz CT molecular complexity index is 1490. The first kappa shape index (κ1) is 28.8. The van der Waals surface area contributed by atoms with E-state index in [4.69, 9.17) is 14.2 Å². The average molecular weight is 560 g/mol. The highest BCUT2D eigenvalue weighted by molar-refractivity contribution is 5.92. The van der Waals surface area contributed by atoms with E-state index in [0.29, 0.717) is 0 Å². The molecule has 4 rings (SSSR count). The van der Waals surface area contributed by atoms with E-state index in [0.717, 1.165) is 27.6 Å². The molecular weight excluding hydrogens is 529 g/mol. The lowest BCUT2D eigenvalue weighted by Crippen LogP contribution is -2.37. The third-order valence-electron chi connectivity index (χ3n) is 6.67. The van der Waals surface area contributed by atoms with Gasteiger partial charge < -0.3 is 19.3 Å². The van der Waals surface area contributed by atoms with Crippen molar-refractivity contribution in [3.05, 3.63) is 51.1 Å². The number of anilines is 1. The van der Waals surface area contributed by atoms with Crippen molar-refractivity contribution >= 4 is 35.0 Å². The number of aryl methyl sites for hydroxylation is 2. The summed E-state index contributed by atoms with van der Waals surface area (Å²) in [5.74, 6) is -2.78. The van der Waals surface area contributed by atoms with Gasteiger partial charge in [-0.25, -0.2) is 19.0 Å². The first-order valence-corrected chi connectivity index (χ1v) is 12.5. The number of carbonyl (C=O) groups is 3. The van der Waals surface area contributed by atoms with Crippen molar-refractivity contribution in [1.82, 2.24) is 19.5 Å². The molecule has 13 nitrogen and oxygen atoms in total. The number of alkyl halides is 1. The summed E-state index contributed by atoms with van der Waals surface area (Å²) in [5.41, 5.74) is 2.12. The molecule has 40 heavy (non-hydrogen) atoms.